The van der Waals surface area contributed by atoms with Crippen molar-refractivity contribution in [2.24, 2.45) is 5.92 Å². The number of rotatable bonds is 7. The molecule has 0 amide bonds. The summed E-state index contributed by atoms with van der Waals surface area (Å²) >= 11 is 0. The van der Waals surface area contributed by atoms with E-state index in [0.717, 1.165) is 31.4 Å². The summed E-state index contributed by atoms with van der Waals surface area (Å²) in [7, 11) is 1.84. The van der Waals surface area contributed by atoms with E-state index in [0.29, 0.717) is 48.5 Å². The molecular formula is C22H25F2N5O2. The first kappa shape index (κ1) is 21.5. The number of fused-ring (bicyclic) bond motifs is 1. The molecule has 2 aromatic heterocycles. The minimum atomic E-state index is -0.712. The third-order valence-electron chi connectivity index (χ3n) is 5.41. The Bertz CT molecular complexity index is 1090. The molecular weight excluding hydrogens is 404 g/mol. The minimum absolute atomic E-state index is 0.151. The van der Waals surface area contributed by atoms with Gasteiger partial charge in [-0.25, -0.2) is 23.7 Å². The molecule has 1 atom stereocenters. The number of likely N-dealkylation sites (N-methyl/N-ethyl adjacent to an activating group) is 1. The van der Waals surface area contributed by atoms with Crippen LogP contribution in [0.5, 0.6) is 0 Å². The summed E-state index contributed by atoms with van der Waals surface area (Å²) < 4.78 is 39.2. The number of aryl methyl sites for hydroxylation is 2. The highest BCUT2D eigenvalue weighted by atomic mass is 19.1. The van der Waals surface area contributed by atoms with Crippen molar-refractivity contribution in [3.05, 3.63) is 41.2 Å². The molecule has 0 spiro atoms. The van der Waals surface area contributed by atoms with Crippen molar-refractivity contribution in [2.45, 2.75) is 20.3 Å². The van der Waals surface area contributed by atoms with E-state index in [1.54, 1.807) is 0 Å². The zero-order chi connectivity index (χ0) is 22.0. The Kier molecular flexibility index (Phi) is 6.33. The maximum atomic E-state index is 14.6. The van der Waals surface area contributed by atoms with Gasteiger partial charge in [0.15, 0.2) is 5.65 Å². The predicted molar refractivity (Wildman–Crippen MR) is 113 cm³/mol. The number of benzene rings is 1. The number of anilines is 1. The molecule has 1 aliphatic rings. The van der Waals surface area contributed by atoms with E-state index in [4.69, 9.17) is 9.47 Å². The predicted octanol–water partition coefficient (Wildman–Crippen LogP) is 3.47. The second-order valence-corrected chi connectivity index (χ2v) is 7.79. The molecule has 1 saturated heterocycles. The highest BCUT2D eigenvalue weighted by Gasteiger charge is 2.19. The van der Waals surface area contributed by atoms with Crippen LogP contribution in [0.2, 0.25) is 0 Å². The normalized spacial score (nSPS) is 16.2. The number of halogens is 2. The molecule has 7 nitrogen and oxygen atoms in total. The van der Waals surface area contributed by atoms with Crippen molar-refractivity contribution in [2.75, 3.05) is 44.9 Å². The third-order valence-corrected chi connectivity index (χ3v) is 5.41. The van der Waals surface area contributed by atoms with E-state index in [1.807, 2.05) is 25.8 Å². The van der Waals surface area contributed by atoms with Crippen molar-refractivity contribution >= 4 is 17.1 Å². The standard InChI is InChI=1S/C22H25F2N5O2/c1-13-14(2)26-21-20(25-13)19(17-5-4-16(23)10-18(17)24)27-22(28-21)29(3)7-9-31-12-15-6-8-30-11-15/h4-5,10,15H,6-9,11-12H2,1-3H3. The average molecular weight is 429 g/mol. The van der Waals surface area contributed by atoms with Crippen LogP contribution in [-0.2, 0) is 9.47 Å². The topological polar surface area (TPSA) is 73.3 Å². The van der Waals surface area contributed by atoms with Gasteiger partial charge in [-0.3, -0.25) is 0 Å². The van der Waals surface area contributed by atoms with Gasteiger partial charge in [0.2, 0.25) is 5.95 Å². The second kappa shape index (κ2) is 9.15. The van der Waals surface area contributed by atoms with E-state index >= 15 is 0 Å². The Morgan fingerprint density at radius 1 is 1.13 bits per heavy atom. The van der Waals surface area contributed by atoms with Crippen molar-refractivity contribution in [1.29, 1.82) is 0 Å². The van der Waals surface area contributed by atoms with Gasteiger partial charge in [0, 0.05) is 37.7 Å². The number of hydrogen-bond donors (Lipinski definition) is 0. The van der Waals surface area contributed by atoms with Gasteiger partial charge in [-0.05, 0) is 32.4 Å². The molecule has 1 aliphatic heterocycles. The van der Waals surface area contributed by atoms with Crippen LogP contribution in [-0.4, -0.2) is 60.0 Å². The first-order valence-corrected chi connectivity index (χ1v) is 10.3. The maximum Gasteiger partial charge on any atom is 0.227 e. The molecule has 0 aliphatic carbocycles. The Morgan fingerprint density at radius 3 is 2.68 bits per heavy atom. The van der Waals surface area contributed by atoms with Crippen molar-refractivity contribution in [3.63, 3.8) is 0 Å². The molecule has 0 bridgehead atoms. The largest absolute Gasteiger partial charge is 0.381 e. The zero-order valence-electron chi connectivity index (χ0n) is 17.9. The molecule has 3 heterocycles. The lowest BCUT2D eigenvalue weighted by molar-refractivity contribution is 0.0943. The molecule has 164 valence electrons. The van der Waals surface area contributed by atoms with E-state index < -0.39 is 11.6 Å². The highest BCUT2D eigenvalue weighted by Crippen LogP contribution is 2.29. The SMILES string of the molecule is Cc1nc2nc(N(C)CCOCC3CCOC3)nc(-c3ccc(F)cc3F)c2nc1C. The van der Waals surface area contributed by atoms with Crippen LogP contribution < -0.4 is 4.90 Å². The Morgan fingerprint density at radius 2 is 1.94 bits per heavy atom. The van der Waals surface area contributed by atoms with Crippen LogP contribution in [0.3, 0.4) is 0 Å². The monoisotopic (exact) mass is 429 g/mol. The van der Waals surface area contributed by atoms with Gasteiger partial charge in [0.05, 0.1) is 31.2 Å². The Hall–Kier alpha value is -2.78. The van der Waals surface area contributed by atoms with Crippen LogP contribution in [0.1, 0.15) is 17.8 Å². The summed E-state index contributed by atoms with van der Waals surface area (Å²) in [5.74, 6) is -0.552. The number of nitrogens with zero attached hydrogens (tertiary/aromatic N) is 5. The van der Waals surface area contributed by atoms with Crippen LogP contribution >= 0.6 is 0 Å². The molecule has 0 saturated carbocycles. The van der Waals surface area contributed by atoms with Gasteiger partial charge in [0.1, 0.15) is 22.8 Å². The van der Waals surface area contributed by atoms with Crippen LogP contribution in [0, 0.1) is 31.4 Å². The molecule has 9 heteroatoms. The molecule has 1 aromatic carbocycles. The summed E-state index contributed by atoms with van der Waals surface area (Å²) in [4.78, 5) is 20.0. The smallest absolute Gasteiger partial charge is 0.227 e. The maximum absolute atomic E-state index is 14.6. The molecule has 31 heavy (non-hydrogen) atoms. The van der Waals surface area contributed by atoms with E-state index in [1.165, 1.54) is 12.1 Å². The average Bonchev–Trinajstić information content (AvgIpc) is 3.25. The number of hydrogen-bond acceptors (Lipinski definition) is 7. The molecule has 3 aromatic rings. The van der Waals surface area contributed by atoms with Crippen molar-refractivity contribution < 1.29 is 18.3 Å². The fourth-order valence-electron chi connectivity index (χ4n) is 3.41. The summed E-state index contributed by atoms with van der Waals surface area (Å²) in [6, 6.07) is 3.40. The minimum Gasteiger partial charge on any atom is -0.381 e. The van der Waals surface area contributed by atoms with Gasteiger partial charge < -0.3 is 14.4 Å². The van der Waals surface area contributed by atoms with Gasteiger partial charge in [0.25, 0.3) is 0 Å². The third kappa shape index (κ3) is 4.77. The van der Waals surface area contributed by atoms with Gasteiger partial charge in [-0.2, -0.15) is 4.98 Å². The van der Waals surface area contributed by atoms with Gasteiger partial charge >= 0.3 is 0 Å². The number of ether oxygens (including phenoxy) is 2. The molecule has 4 rings (SSSR count). The molecule has 1 unspecified atom stereocenters. The fourth-order valence-corrected chi connectivity index (χ4v) is 3.41. The van der Waals surface area contributed by atoms with Crippen LogP contribution in [0.4, 0.5) is 14.7 Å². The molecule has 1 fully saturated rings. The summed E-state index contributed by atoms with van der Waals surface area (Å²) in [6.45, 7) is 6.89. The lowest BCUT2D eigenvalue weighted by Gasteiger charge is -2.19. The summed E-state index contributed by atoms with van der Waals surface area (Å²) in [5, 5.41) is 0. The fraction of sp³-hybridized carbons (Fsp3) is 0.455. The first-order chi connectivity index (χ1) is 14.9. The molecule has 0 N–H and O–H groups in total. The van der Waals surface area contributed by atoms with Crippen molar-refractivity contribution in [3.8, 4) is 11.3 Å². The van der Waals surface area contributed by atoms with Gasteiger partial charge in [-0.1, -0.05) is 0 Å². The molecule has 0 radical (unpaired) electrons. The number of aromatic nitrogens is 4. The van der Waals surface area contributed by atoms with Crippen LogP contribution in [0.25, 0.3) is 22.4 Å². The quantitative estimate of drug-likeness (QED) is 0.533. The second-order valence-electron chi connectivity index (χ2n) is 7.79. The lowest BCUT2D eigenvalue weighted by atomic mass is 10.1. The summed E-state index contributed by atoms with van der Waals surface area (Å²) in [6.07, 6.45) is 1.02. The first-order valence-electron chi connectivity index (χ1n) is 10.3. The van der Waals surface area contributed by atoms with E-state index in [-0.39, 0.29) is 11.3 Å². The van der Waals surface area contributed by atoms with Gasteiger partial charge in [-0.15, -0.1) is 0 Å². The highest BCUT2D eigenvalue weighted by molar-refractivity contribution is 5.88. The Labute approximate surface area is 179 Å². The Balaban J connectivity index is 1.63. The van der Waals surface area contributed by atoms with Crippen LogP contribution in [0.15, 0.2) is 18.2 Å². The zero-order valence-corrected chi connectivity index (χ0v) is 17.9. The van der Waals surface area contributed by atoms with E-state index in [2.05, 4.69) is 19.9 Å². The summed E-state index contributed by atoms with van der Waals surface area (Å²) in [5.41, 5.74) is 2.60. The van der Waals surface area contributed by atoms with Crippen molar-refractivity contribution in [1.82, 2.24) is 19.9 Å². The lowest BCUT2D eigenvalue weighted by Crippen LogP contribution is -2.26. The van der Waals surface area contributed by atoms with E-state index in [9.17, 15) is 8.78 Å².